The first kappa shape index (κ1) is 22.3. The summed E-state index contributed by atoms with van der Waals surface area (Å²) in [6.07, 6.45) is 0.529. The van der Waals surface area contributed by atoms with Crippen LogP contribution in [-0.2, 0) is 37.4 Å². The predicted octanol–water partition coefficient (Wildman–Crippen LogP) is 2.25. The maximum atomic E-state index is 13.4. The molecule has 0 aliphatic heterocycles. The number of carbonyl (C=O) groups is 1. The highest BCUT2D eigenvalue weighted by atomic mass is 16.2. The van der Waals surface area contributed by atoms with Gasteiger partial charge in [0.2, 0.25) is 5.91 Å². The first-order valence-electron chi connectivity index (χ1n) is 11.0. The fraction of sp³-hybridized carbons (Fsp3) is 0.280. The number of aryl methyl sites for hydroxylation is 3. The number of nitrogens with one attached hydrogen (secondary N) is 1. The lowest BCUT2D eigenvalue weighted by molar-refractivity contribution is -0.121. The number of rotatable bonds is 8. The fourth-order valence-electron chi connectivity index (χ4n) is 4.02. The van der Waals surface area contributed by atoms with Crippen molar-refractivity contribution >= 4 is 16.9 Å². The Morgan fingerprint density at radius 3 is 2.18 bits per heavy atom. The predicted molar refractivity (Wildman–Crippen MR) is 127 cm³/mol. The highest BCUT2D eigenvalue weighted by Crippen LogP contribution is 2.14. The molecule has 8 nitrogen and oxygen atoms in total. The Kier molecular flexibility index (Phi) is 6.53. The zero-order chi connectivity index (χ0) is 23.4. The van der Waals surface area contributed by atoms with Crippen molar-refractivity contribution in [1.29, 1.82) is 0 Å². The number of carbonyl (C=O) groups excluding carboxylic acids is 1. The average molecular weight is 446 g/mol. The van der Waals surface area contributed by atoms with Gasteiger partial charge in [0.05, 0.1) is 5.69 Å². The summed E-state index contributed by atoms with van der Waals surface area (Å²) in [6.45, 7) is 4.51. The second-order valence-corrected chi connectivity index (χ2v) is 7.92. The van der Waals surface area contributed by atoms with Crippen molar-refractivity contribution < 1.29 is 4.79 Å². The van der Waals surface area contributed by atoms with Gasteiger partial charge < -0.3 is 5.32 Å². The van der Waals surface area contributed by atoms with Gasteiger partial charge in [-0.2, -0.15) is 5.10 Å². The Labute approximate surface area is 191 Å². The van der Waals surface area contributed by atoms with Crippen molar-refractivity contribution in [1.82, 2.24) is 24.2 Å². The molecule has 1 amide bonds. The van der Waals surface area contributed by atoms with Crippen LogP contribution in [0.2, 0.25) is 0 Å². The minimum absolute atomic E-state index is 0.190. The van der Waals surface area contributed by atoms with Crippen LogP contribution in [0.1, 0.15) is 23.7 Å². The van der Waals surface area contributed by atoms with Crippen LogP contribution in [0.3, 0.4) is 0 Å². The van der Waals surface area contributed by atoms with Gasteiger partial charge in [0.25, 0.3) is 5.56 Å². The van der Waals surface area contributed by atoms with Crippen LogP contribution in [0.15, 0.2) is 70.3 Å². The maximum Gasteiger partial charge on any atom is 0.332 e. The van der Waals surface area contributed by atoms with E-state index in [2.05, 4.69) is 10.4 Å². The van der Waals surface area contributed by atoms with Crippen molar-refractivity contribution in [3.05, 3.63) is 98.3 Å². The quantitative estimate of drug-likeness (QED) is 0.450. The van der Waals surface area contributed by atoms with E-state index >= 15 is 0 Å². The van der Waals surface area contributed by atoms with Crippen LogP contribution in [0.5, 0.6) is 0 Å². The topological polar surface area (TPSA) is 90.9 Å². The molecule has 8 heteroatoms. The molecule has 170 valence electrons. The van der Waals surface area contributed by atoms with E-state index in [0.29, 0.717) is 36.2 Å². The van der Waals surface area contributed by atoms with Crippen LogP contribution in [0.4, 0.5) is 0 Å². The molecule has 0 aliphatic rings. The van der Waals surface area contributed by atoms with Crippen molar-refractivity contribution in [3.63, 3.8) is 0 Å². The van der Waals surface area contributed by atoms with E-state index in [-0.39, 0.29) is 24.6 Å². The van der Waals surface area contributed by atoms with Crippen LogP contribution in [0, 0.1) is 6.92 Å². The standard InChI is InChI=1S/C25H27N5O3/c1-3-30-23-22(18(2)27-30)29(17-21(31)26-16-20-12-8-5-9-13-20)25(33)28(24(23)32)15-14-19-10-6-4-7-11-19/h4-13H,3,14-17H2,1-2H3,(H,26,31). The van der Waals surface area contributed by atoms with Crippen molar-refractivity contribution in [2.75, 3.05) is 0 Å². The number of hydrogen-bond acceptors (Lipinski definition) is 4. The van der Waals surface area contributed by atoms with Gasteiger partial charge in [-0.1, -0.05) is 60.7 Å². The van der Waals surface area contributed by atoms with Gasteiger partial charge in [-0.3, -0.25) is 23.4 Å². The van der Waals surface area contributed by atoms with Gasteiger partial charge >= 0.3 is 5.69 Å². The average Bonchev–Trinajstić information content (AvgIpc) is 3.18. The van der Waals surface area contributed by atoms with Crippen molar-refractivity contribution in [3.8, 4) is 0 Å². The summed E-state index contributed by atoms with van der Waals surface area (Å²) in [5, 5.41) is 7.30. The lowest BCUT2D eigenvalue weighted by Crippen LogP contribution is -2.43. The molecule has 0 atom stereocenters. The maximum absolute atomic E-state index is 13.4. The molecular formula is C25H27N5O3. The SMILES string of the molecule is CCn1nc(C)c2c1c(=O)n(CCc1ccccc1)c(=O)n2CC(=O)NCc1ccccc1. The number of aromatic nitrogens is 4. The van der Waals surface area contributed by atoms with E-state index in [1.165, 1.54) is 9.13 Å². The van der Waals surface area contributed by atoms with Gasteiger partial charge in [0.15, 0.2) is 5.52 Å². The fourth-order valence-corrected chi connectivity index (χ4v) is 4.02. The zero-order valence-electron chi connectivity index (χ0n) is 18.8. The van der Waals surface area contributed by atoms with E-state index in [0.717, 1.165) is 11.1 Å². The molecule has 0 saturated heterocycles. The minimum Gasteiger partial charge on any atom is -0.350 e. The summed E-state index contributed by atoms with van der Waals surface area (Å²) in [7, 11) is 0. The smallest absolute Gasteiger partial charge is 0.332 e. The Morgan fingerprint density at radius 1 is 0.909 bits per heavy atom. The molecule has 33 heavy (non-hydrogen) atoms. The summed E-state index contributed by atoms with van der Waals surface area (Å²) in [5.74, 6) is -0.306. The molecule has 0 fully saturated rings. The molecule has 2 aromatic heterocycles. The monoisotopic (exact) mass is 445 g/mol. The second-order valence-electron chi connectivity index (χ2n) is 7.92. The van der Waals surface area contributed by atoms with Gasteiger partial charge in [-0.25, -0.2) is 4.79 Å². The molecule has 0 unspecified atom stereocenters. The number of nitrogens with zero attached hydrogens (tertiary/aromatic N) is 4. The van der Waals surface area contributed by atoms with Crippen LogP contribution < -0.4 is 16.6 Å². The number of amides is 1. The van der Waals surface area contributed by atoms with Crippen LogP contribution >= 0.6 is 0 Å². The van der Waals surface area contributed by atoms with Crippen molar-refractivity contribution in [2.45, 2.75) is 46.4 Å². The second kappa shape index (κ2) is 9.68. The molecule has 4 aromatic rings. The largest absolute Gasteiger partial charge is 0.350 e. The first-order valence-corrected chi connectivity index (χ1v) is 11.0. The number of benzene rings is 2. The summed E-state index contributed by atoms with van der Waals surface area (Å²) in [5.41, 5.74) is 2.41. The van der Waals surface area contributed by atoms with E-state index in [9.17, 15) is 14.4 Å². The Morgan fingerprint density at radius 2 is 1.55 bits per heavy atom. The lowest BCUT2D eigenvalue weighted by Gasteiger charge is -2.13. The molecule has 0 spiro atoms. The summed E-state index contributed by atoms with van der Waals surface area (Å²) >= 11 is 0. The van der Waals surface area contributed by atoms with Crippen LogP contribution in [0.25, 0.3) is 11.0 Å². The molecule has 0 radical (unpaired) electrons. The first-order chi connectivity index (χ1) is 16.0. The van der Waals surface area contributed by atoms with E-state index in [1.807, 2.05) is 67.6 Å². The Balaban J connectivity index is 1.70. The zero-order valence-corrected chi connectivity index (χ0v) is 18.8. The highest BCUT2D eigenvalue weighted by molar-refractivity contribution is 5.81. The molecule has 2 heterocycles. The highest BCUT2D eigenvalue weighted by Gasteiger charge is 2.21. The molecule has 1 N–H and O–H groups in total. The normalized spacial score (nSPS) is 11.1. The summed E-state index contributed by atoms with van der Waals surface area (Å²) < 4.78 is 4.19. The number of fused-ring (bicyclic) bond motifs is 1. The molecule has 0 aliphatic carbocycles. The van der Waals surface area contributed by atoms with Crippen molar-refractivity contribution in [2.24, 2.45) is 0 Å². The van der Waals surface area contributed by atoms with Gasteiger partial charge in [-0.05, 0) is 31.4 Å². The summed E-state index contributed by atoms with van der Waals surface area (Å²) in [4.78, 5) is 39.5. The van der Waals surface area contributed by atoms with Gasteiger partial charge in [0, 0.05) is 19.6 Å². The third-order valence-electron chi connectivity index (χ3n) is 5.68. The lowest BCUT2D eigenvalue weighted by atomic mass is 10.1. The molecule has 0 bridgehead atoms. The van der Waals surface area contributed by atoms with Gasteiger partial charge in [-0.15, -0.1) is 0 Å². The molecular weight excluding hydrogens is 418 g/mol. The summed E-state index contributed by atoms with van der Waals surface area (Å²) in [6, 6.07) is 19.2. The van der Waals surface area contributed by atoms with E-state index in [1.54, 1.807) is 11.6 Å². The third kappa shape index (κ3) is 4.64. The molecule has 4 rings (SSSR count). The molecule has 2 aromatic carbocycles. The Bertz CT molecular complexity index is 1390. The van der Waals surface area contributed by atoms with Crippen LogP contribution in [-0.4, -0.2) is 24.8 Å². The Hall–Kier alpha value is -3.94. The number of hydrogen-bond donors (Lipinski definition) is 1. The van der Waals surface area contributed by atoms with E-state index < -0.39 is 5.69 Å². The third-order valence-corrected chi connectivity index (χ3v) is 5.68. The van der Waals surface area contributed by atoms with Gasteiger partial charge in [0.1, 0.15) is 12.1 Å². The van der Waals surface area contributed by atoms with E-state index in [4.69, 9.17) is 0 Å². The minimum atomic E-state index is -0.503. The molecule has 0 saturated carbocycles.